The van der Waals surface area contributed by atoms with Gasteiger partial charge < -0.3 is 15.4 Å². The van der Waals surface area contributed by atoms with Crippen molar-refractivity contribution in [2.75, 3.05) is 13.2 Å². The van der Waals surface area contributed by atoms with Crippen LogP contribution < -0.4 is 5.73 Å². The van der Waals surface area contributed by atoms with Crippen molar-refractivity contribution in [3.63, 3.8) is 0 Å². The van der Waals surface area contributed by atoms with Crippen molar-refractivity contribution in [1.29, 1.82) is 0 Å². The van der Waals surface area contributed by atoms with Gasteiger partial charge >= 0.3 is 6.09 Å². The summed E-state index contributed by atoms with van der Waals surface area (Å²) in [6.45, 7) is 4.84. The van der Waals surface area contributed by atoms with E-state index in [0.29, 0.717) is 13.2 Å². The van der Waals surface area contributed by atoms with E-state index in [9.17, 15) is 4.79 Å². The topological polar surface area (TPSA) is 55.6 Å². The molecule has 1 fully saturated rings. The summed E-state index contributed by atoms with van der Waals surface area (Å²) in [5.74, 6) is 0. The Morgan fingerprint density at radius 3 is 2.86 bits per heavy atom. The molecule has 0 saturated carbocycles. The molecule has 4 heteroatoms. The molecule has 0 radical (unpaired) electrons. The van der Waals surface area contributed by atoms with Crippen molar-refractivity contribution in [1.82, 2.24) is 4.90 Å². The zero-order valence-corrected chi connectivity index (χ0v) is 9.03. The molecule has 1 saturated heterocycles. The standard InChI is InChI=1S/C10H20N2O2/c1-3-14-10(13)12-8(2)5-4-6-9(12)7-11/h8-9H,3-7,11H2,1-2H3. The van der Waals surface area contributed by atoms with Crippen LogP contribution in [0.25, 0.3) is 0 Å². The van der Waals surface area contributed by atoms with Gasteiger partial charge in [-0.1, -0.05) is 0 Å². The number of carbonyl (C=O) groups is 1. The molecular weight excluding hydrogens is 180 g/mol. The van der Waals surface area contributed by atoms with Gasteiger partial charge in [-0.05, 0) is 33.1 Å². The second-order valence-electron chi connectivity index (χ2n) is 3.78. The first-order chi connectivity index (χ1) is 6.70. The van der Waals surface area contributed by atoms with Crippen molar-refractivity contribution < 1.29 is 9.53 Å². The molecule has 1 heterocycles. The number of amides is 1. The van der Waals surface area contributed by atoms with Gasteiger partial charge in [0.05, 0.1) is 6.61 Å². The Balaban J connectivity index is 2.63. The van der Waals surface area contributed by atoms with E-state index >= 15 is 0 Å². The average molecular weight is 200 g/mol. The van der Waals surface area contributed by atoms with Crippen LogP contribution in [0.4, 0.5) is 4.79 Å². The van der Waals surface area contributed by atoms with E-state index in [-0.39, 0.29) is 18.2 Å². The molecule has 1 aliphatic heterocycles. The second-order valence-corrected chi connectivity index (χ2v) is 3.78. The van der Waals surface area contributed by atoms with Gasteiger partial charge in [0.2, 0.25) is 0 Å². The first-order valence-corrected chi connectivity index (χ1v) is 5.35. The molecule has 2 unspecified atom stereocenters. The Hall–Kier alpha value is -0.770. The summed E-state index contributed by atoms with van der Waals surface area (Å²) in [5.41, 5.74) is 5.64. The van der Waals surface area contributed by atoms with E-state index < -0.39 is 0 Å². The number of rotatable bonds is 2. The molecule has 0 spiro atoms. The first kappa shape index (κ1) is 11.3. The van der Waals surface area contributed by atoms with Gasteiger partial charge in [0.1, 0.15) is 0 Å². The lowest BCUT2D eigenvalue weighted by Gasteiger charge is -2.39. The quantitative estimate of drug-likeness (QED) is 0.732. The van der Waals surface area contributed by atoms with Crippen LogP contribution in [-0.2, 0) is 4.74 Å². The summed E-state index contributed by atoms with van der Waals surface area (Å²) in [7, 11) is 0. The van der Waals surface area contributed by atoms with Crippen LogP contribution in [0.1, 0.15) is 33.1 Å². The number of nitrogens with zero attached hydrogens (tertiary/aromatic N) is 1. The zero-order valence-electron chi connectivity index (χ0n) is 9.03. The van der Waals surface area contributed by atoms with Crippen LogP contribution in [0.2, 0.25) is 0 Å². The highest BCUT2D eigenvalue weighted by Crippen LogP contribution is 2.22. The predicted molar refractivity (Wildman–Crippen MR) is 55.0 cm³/mol. The maximum atomic E-state index is 11.6. The molecule has 14 heavy (non-hydrogen) atoms. The fourth-order valence-electron chi connectivity index (χ4n) is 2.05. The molecule has 0 bridgehead atoms. The SMILES string of the molecule is CCOC(=O)N1C(C)CCCC1CN. The number of likely N-dealkylation sites (tertiary alicyclic amines) is 1. The van der Waals surface area contributed by atoms with Crippen LogP contribution in [0.3, 0.4) is 0 Å². The molecule has 82 valence electrons. The Morgan fingerprint density at radius 2 is 2.29 bits per heavy atom. The van der Waals surface area contributed by atoms with Crippen molar-refractivity contribution in [3.8, 4) is 0 Å². The van der Waals surface area contributed by atoms with Crippen molar-refractivity contribution in [2.24, 2.45) is 5.73 Å². The van der Waals surface area contributed by atoms with Gasteiger partial charge in [0.15, 0.2) is 0 Å². The zero-order chi connectivity index (χ0) is 10.6. The Kier molecular flexibility index (Phi) is 4.20. The summed E-state index contributed by atoms with van der Waals surface area (Å²) >= 11 is 0. The van der Waals surface area contributed by atoms with Crippen LogP contribution in [0, 0.1) is 0 Å². The molecular formula is C10H20N2O2. The maximum absolute atomic E-state index is 11.6. The van der Waals surface area contributed by atoms with E-state index in [4.69, 9.17) is 10.5 Å². The van der Waals surface area contributed by atoms with Crippen LogP contribution in [0.5, 0.6) is 0 Å². The fraction of sp³-hybridized carbons (Fsp3) is 0.900. The number of hydrogen-bond donors (Lipinski definition) is 1. The summed E-state index contributed by atoms with van der Waals surface area (Å²) in [6, 6.07) is 0.425. The molecule has 2 N–H and O–H groups in total. The summed E-state index contributed by atoms with van der Waals surface area (Å²) in [6.07, 6.45) is 2.99. The van der Waals surface area contributed by atoms with Gasteiger partial charge in [-0.25, -0.2) is 4.79 Å². The van der Waals surface area contributed by atoms with Crippen molar-refractivity contribution >= 4 is 6.09 Å². The molecule has 2 atom stereocenters. The molecule has 0 aromatic rings. The summed E-state index contributed by atoms with van der Waals surface area (Å²) in [5, 5.41) is 0. The van der Waals surface area contributed by atoms with Crippen LogP contribution in [0.15, 0.2) is 0 Å². The third-order valence-corrected chi connectivity index (χ3v) is 2.78. The van der Waals surface area contributed by atoms with Gasteiger partial charge in [0.25, 0.3) is 0 Å². The summed E-state index contributed by atoms with van der Waals surface area (Å²) in [4.78, 5) is 13.4. The van der Waals surface area contributed by atoms with Crippen molar-refractivity contribution in [3.05, 3.63) is 0 Å². The third-order valence-electron chi connectivity index (χ3n) is 2.78. The minimum atomic E-state index is -0.213. The molecule has 0 aliphatic carbocycles. The van der Waals surface area contributed by atoms with Gasteiger partial charge in [-0.15, -0.1) is 0 Å². The minimum Gasteiger partial charge on any atom is -0.450 e. The molecule has 1 amide bonds. The lowest BCUT2D eigenvalue weighted by Crippen LogP contribution is -2.52. The number of carbonyl (C=O) groups excluding carboxylic acids is 1. The highest BCUT2D eigenvalue weighted by atomic mass is 16.6. The monoisotopic (exact) mass is 200 g/mol. The van der Waals surface area contributed by atoms with E-state index in [2.05, 4.69) is 6.92 Å². The first-order valence-electron chi connectivity index (χ1n) is 5.35. The summed E-state index contributed by atoms with van der Waals surface area (Å²) < 4.78 is 5.02. The normalized spacial score (nSPS) is 27.5. The minimum absolute atomic E-state index is 0.165. The van der Waals surface area contributed by atoms with Crippen molar-refractivity contribution in [2.45, 2.75) is 45.2 Å². The van der Waals surface area contributed by atoms with Gasteiger partial charge in [-0.2, -0.15) is 0 Å². The Labute approximate surface area is 85.4 Å². The molecule has 0 aromatic carbocycles. The van der Waals surface area contributed by atoms with Gasteiger partial charge in [-0.3, -0.25) is 0 Å². The van der Waals surface area contributed by atoms with E-state index in [1.54, 1.807) is 4.90 Å². The lowest BCUT2D eigenvalue weighted by molar-refractivity contribution is 0.0557. The maximum Gasteiger partial charge on any atom is 0.410 e. The smallest absolute Gasteiger partial charge is 0.410 e. The highest BCUT2D eigenvalue weighted by molar-refractivity contribution is 5.68. The number of piperidine rings is 1. The van der Waals surface area contributed by atoms with Crippen LogP contribution >= 0.6 is 0 Å². The third kappa shape index (κ3) is 2.38. The highest BCUT2D eigenvalue weighted by Gasteiger charge is 2.31. The van der Waals surface area contributed by atoms with Gasteiger partial charge in [0, 0.05) is 18.6 Å². The fourth-order valence-corrected chi connectivity index (χ4v) is 2.05. The molecule has 1 rings (SSSR count). The number of nitrogens with two attached hydrogens (primary N) is 1. The molecule has 0 aromatic heterocycles. The average Bonchev–Trinajstić information content (AvgIpc) is 2.17. The van der Waals surface area contributed by atoms with E-state index in [0.717, 1.165) is 19.3 Å². The van der Waals surface area contributed by atoms with E-state index in [1.807, 2.05) is 6.92 Å². The Morgan fingerprint density at radius 1 is 1.57 bits per heavy atom. The predicted octanol–water partition coefficient (Wildman–Crippen LogP) is 1.34. The second kappa shape index (κ2) is 5.20. The molecule has 4 nitrogen and oxygen atoms in total. The molecule has 1 aliphatic rings. The largest absolute Gasteiger partial charge is 0.450 e. The lowest BCUT2D eigenvalue weighted by atomic mass is 9.97. The number of ether oxygens (including phenoxy) is 1. The van der Waals surface area contributed by atoms with Crippen LogP contribution in [-0.4, -0.2) is 36.2 Å². The number of hydrogen-bond acceptors (Lipinski definition) is 3. The Bertz CT molecular complexity index is 197. The van der Waals surface area contributed by atoms with E-state index in [1.165, 1.54) is 0 Å².